The molecule has 1 heterocycles. The maximum atomic E-state index is 11.7. The summed E-state index contributed by atoms with van der Waals surface area (Å²) in [5.41, 5.74) is 2.21. The van der Waals surface area contributed by atoms with Crippen LogP contribution in [0.5, 0.6) is 0 Å². The number of aryl methyl sites for hydroxylation is 1. The molecule has 0 spiro atoms. The van der Waals surface area contributed by atoms with Crippen molar-refractivity contribution in [1.29, 1.82) is 0 Å². The molecule has 76 valence electrons. The first-order valence-electron chi connectivity index (χ1n) is 4.84. The van der Waals surface area contributed by atoms with Crippen molar-refractivity contribution in [3.8, 4) is 0 Å². The van der Waals surface area contributed by atoms with Crippen LogP contribution in [0.3, 0.4) is 0 Å². The highest BCUT2D eigenvalue weighted by atomic mass is 16.1. The SMILES string of the molecule is Cc1ccc(CC(=O)c2ncc[nH]2)cc1. The summed E-state index contributed by atoms with van der Waals surface area (Å²) in [6.07, 6.45) is 3.64. The number of carbonyl (C=O) groups is 1. The highest BCUT2D eigenvalue weighted by Gasteiger charge is 2.08. The Hall–Kier alpha value is -1.90. The van der Waals surface area contributed by atoms with Gasteiger partial charge in [-0.25, -0.2) is 4.98 Å². The molecule has 0 saturated heterocycles. The molecule has 0 amide bonds. The minimum absolute atomic E-state index is 0.0175. The number of benzene rings is 1. The van der Waals surface area contributed by atoms with Crippen molar-refractivity contribution >= 4 is 5.78 Å². The van der Waals surface area contributed by atoms with E-state index >= 15 is 0 Å². The summed E-state index contributed by atoms with van der Waals surface area (Å²) in [5, 5.41) is 0. The molecular weight excluding hydrogens is 188 g/mol. The summed E-state index contributed by atoms with van der Waals surface area (Å²) < 4.78 is 0. The van der Waals surface area contributed by atoms with Crippen molar-refractivity contribution in [2.45, 2.75) is 13.3 Å². The van der Waals surface area contributed by atoms with E-state index in [1.165, 1.54) is 5.56 Å². The van der Waals surface area contributed by atoms with Gasteiger partial charge in [0.1, 0.15) is 0 Å². The Balaban J connectivity index is 2.09. The molecule has 0 atom stereocenters. The third-order valence-electron chi connectivity index (χ3n) is 2.25. The van der Waals surface area contributed by atoms with Crippen LogP contribution < -0.4 is 0 Å². The minimum Gasteiger partial charge on any atom is -0.342 e. The van der Waals surface area contributed by atoms with Crippen LogP contribution in [0.4, 0.5) is 0 Å². The van der Waals surface area contributed by atoms with Crippen LogP contribution in [-0.2, 0) is 6.42 Å². The maximum absolute atomic E-state index is 11.7. The number of Topliss-reactive ketones (excluding diaryl/α,β-unsaturated/α-hetero) is 1. The highest BCUT2D eigenvalue weighted by Crippen LogP contribution is 2.06. The number of aromatic amines is 1. The first-order chi connectivity index (χ1) is 7.25. The van der Waals surface area contributed by atoms with E-state index in [0.29, 0.717) is 12.2 Å². The first-order valence-corrected chi connectivity index (χ1v) is 4.84. The van der Waals surface area contributed by atoms with Crippen molar-refractivity contribution in [3.05, 3.63) is 53.6 Å². The topological polar surface area (TPSA) is 45.8 Å². The lowest BCUT2D eigenvalue weighted by Crippen LogP contribution is -2.05. The fourth-order valence-corrected chi connectivity index (χ4v) is 1.39. The number of imidazole rings is 1. The van der Waals surface area contributed by atoms with Crippen LogP contribution in [0.1, 0.15) is 21.7 Å². The number of rotatable bonds is 3. The summed E-state index contributed by atoms with van der Waals surface area (Å²) in [4.78, 5) is 18.4. The predicted molar refractivity (Wildman–Crippen MR) is 57.8 cm³/mol. The first kappa shape index (κ1) is 9.65. The Bertz CT molecular complexity index is 443. The summed E-state index contributed by atoms with van der Waals surface area (Å²) in [7, 11) is 0. The quantitative estimate of drug-likeness (QED) is 0.771. The Labute approximate surface area is 88.2 Å². The van der Waals surface area contributed by atoms with Gasteiger partial charge >= 0.3 is 0 Å². The standard InChI is InChI=1S/C12H12N2O/c1-9-2-4-10(5-3-9)8-11(15)12-13-6-7-14-12/h2-7H,8H2,1H3,(H,13,14). The van der Waals surface area contributed by atoms with E-state index in [1.54, 1.807) is 12.4 Å². The van der Waals surface area contributed by atoms with Gasteiger partial charge in [-0.05, 0) is 12.5 Å². The Morgan fingerprint density at radius 1 is 1.33 bits per heavy atom. The van der Waals surface area contributed by atoms with Gasteiger partial charge in [0.05, 0.1) is 0 Å². The van der Waals surface area contributed by atoms with Crippen molar-refractivity contribution < 1.29 is 4.79 Å². The Kier molecular flexibility index (Phi) is 2.63. The molecule has 0 fully saturated rings. The van der Waals surface area contributed by atoms with Gasteiger partial charge in [-0.1, -0.05) is 29.8 Å². The second-order valence-corrected chi connectivity index (χ2v) is 3.52. The number of hydrogen-bond acceptors (Lipinski definition) is 2. The van der Waals surface area contributed by atoms with Crippen LogP contribution in [-0.4, -0.2) is 15.8 Å². The van der Waals surface area contributed by atoms with Crippen LogP contribution >= 0.6 is 0 Å². The van der Waals surface area contributed by atoms with E-state index in [9.17, 15) is 4.79 Å². The third kappa shape index (κ3) is 2.31. The molecule has 0 bridgehead atoms. The predicted octanol–water partition coefficient (Wildman–Crippen LogP) is 2.14. The molecule has 1 aromatic carbocycles. The monoisotopic (exact) mass is 200 g/mol. The minimum atomic E-state index is 0.0175. The van der Waals surface area contributed by atoms with Gasteiger partial charge in [-0.15, -0.1) is 0 Å². The van der Waals surface area contributed by atoms with E-state index in [2.05, 4.69) is 9.97 Å². The van der Waals surface area contributed by atoms with Gasteiger partial charge in [-0.2, -0.15) is 0 Å². The van der Waals surface area contributed by atoms with Crippen molar-refractivity contribution in [2.75, 3.05) is 0 Å². The average molecular weight is 200 g/mol. The van der Waals surface area contributed by atoms with Gasteiger partial charge in [0.15, 0.2) is 5.82 Å². The zero-order chi connectivity index (χ0) is 10.7. The molecule has 0 radical (unpaired) electrons. The third-order valence-corrected chi connectivity index (χ3v) is 2.25. The lowest BCUT2D eigenvalue weighted by atomic mass is 10.1. The van der Waals surface area contributed by atoms with Crippen molar-refractivity contribution in [3.63, 3.8) is 0 Å². The molecule has 1 aromatic heterocycles. The zero-order valence-electron chi connectivity index (χ0n) is 8.53. The normalized spacial score (nSPS) is 10.2. The van der Waals surface area contributed by atoms with E-state index < -0.39 is 0 Å². The Morgan fingerprint density at radius 3 is 2.67 bits per heavy atom. The Morgan fingerprint density at radius 2 is 2.07 bits per heavy atom. The van der Waals surface area contributed by atoms with Crippen LogP contribution in [0, 0.1) is 6.92 Å². The van der Waals surface area contributed by atoms with Gasteiger partial charge < -0.3 is 4.98 Å². The van der Waals surface area contributed by atoms with E-state index in [4.69, 9.17) is 0 Å². The molecule has 2 aromatic rings. The molecule has 1 N–H and O–H groups in total. The molecule has 0 aliphatic carbocycles. The molecule has 0 aliphatic rings. The molecule has 0 aliphatic heterocycles. The average Bonchev–Trinajstić information content (AvgIpc) is 2.74. The smallest absolute Gasteiger partial charge is 0.202 e. The van der Waals surface area contributed by atoms with Crippen LogP contribution in [0.2, 0.25) is 0 Å². The maximum Gasteiger partial charge on any atom is 0.202 e. The molecule has 0 unspecified atom stereocenters. The number of nitrogens with zero attached hydrogens (tertiary/aromatic N) is 1. The zero-order valence-corrected chi connectivity index (χ0v) is 8.53. The number of ketones is 1. The largest absolute Gasteiger partial charge is 0.342 e. The van der Waals surface area contributed by atoms with Gasteiger partial charge in [0.25, 0.3) is 0 Å². The molecule has 0 saturated carbocycles. The van der Waals surface area contributed by atoms with E-state index in [0.717, 1.165) is 5.56 Å². The summed E-state index contributed by atoms with van der Waals surface area (Å²) >= 11 is 0. The fraction of sp³-hybridized carbons (Fsp3) is 0.167. The second kappa shape index (κ2) is 4.09. The highest BCUT2D eigenvalue weighted by molar-refractivity contribution is 5.94. The van der Waals surface area contributed by atoms with Gasteiger partial charge in [0.2, 0.25) is 5.78 Å². The molecular formula is C12H12N2O. The van der Waals surface area contributed by atoms with Crippen LogP contribution in [0.15, 0.2) is 36.7 Å². The van der Waals surface area contributed by atoms with Gasteiger partial charge in [0, 0.05) is 18.8 Å². The van der Waals surface area contributed by atoms with Crippen molar-refractivity contribution in [1.82, 2.24) is 9.97 Å². The van der Waals surface area contributed by atoms with E-state index in [-0.39, 0.29) is 5.78 Å². The number of carbonyl (C=O) groups excluding carboxylic acids is 1. The summed E-state index contributed by atoms with van der Waals surface area (Å²) in [6.45, 7) is 2.03. The lowest BCUT2D eigenvalue weighted by molar-refractivity contribution is 0.0984. The summed E-state index contributed by atoms with van der Waals surface area (Å²) in [6, 6.07) is 7.95. The number of aromatic nitrogens is 2. The lowest BCUT2D eigenvalue weighted by Gasteiger charge is -1.99. The number of nitrogens with one attached hydrogen (secondary N) is 1. The second-order valence-electron chi connectivity index (χ2n) is 3.52. The number of H-pyrrole nitrogens is 1. The number of hydrogen-bond donors (Lipinski definition) is 1. The van der Waals surface area contributed by atoms with Gasteiger partial charge in [-0.3, -0.25) is 4.79 Å². The molecule has 2 rings (SSSR count). The molecule has 3 nitrogen and oxygen atoms in total. The molecule has 15 heavy (non-hydrogen) atoms. The fourth-order valence-electron chi connectivity index (χ4n) is 1.39. The molecule has 3 heteroatoms. The summed E-state index contributed by atoms with van der Waals surface area (Å²) in [5.74, 6) is 0.444. The van der Waals surface area contributed by atoms with Crippen molar-refractivity contribution in [2.24, 2.45) is 0 Å². The van der Waals surface area contributed by atoms with Crippen LogP contribution in [0.25, 0.3) is 0 Å². The van der Waals surface area contributed by atoms with E-state index in [1.807, 2.05) is 31.2 Å².